The van der Waals surface area contributed by atoms with Gasteiger partial charge in [0.25, 0.3) is 0 Å². The van der Waals surface area contributed by atoms with Crippen molar-refractivity contribution in [3.63, 3.8) is 0 Å². The van der Waals surface area contributed by atoms with Crippen LogP contribution in [0.4, 0.5) is 0 Å². The monoisotopic (exact) mass is 550 g/mol. The predicted octanol–water partition coefficient (Wildman–Crippen LogP) is 8.84. The van der Waals surface area contributed by atoms with Gasteiger partial charge in [0.05, 0.1) is 12.0 Å². The lowest BCUT2D eigenvalue weighted by Gasteiger charge is -2.59. The first kappa shape index (κ1) is 29.6. The SMILES string of the molecule is CCCCCCCCOc1ccc(C(C)(C)[C@@H]2CC[C@@H](C)C[C@H]2OC(=O)[C@]23CCCC(=O)[C@H]2[C@@H]2CCC[C@@H]23)cc1. The standard InChI is InChI=1S/C36H54O4/c1-5-6-7-8-9-10-23-39-27-19-17-26(18-20-27)35(3,4)30-21-16-25(2)24-32(30)40-34(38)36-22-12-15-31(37)33(36)28-13-11-14-29(28)36/h17-20,25,28-30,32-33H,5-16,21-24H2,1-4H3/t25-,28-,29+,30-,32-,33-,36+/m1/s1. The van der Waals surface area contributed by atoms with Crippen LogP contribution in [0.3, 0.4) is 0 Å². The molecule has 0 aromatic heterocycles. The second-order valence-corrected chi connectivity index (χ2v) is 14.4. The number of ether oxygens (including phenoxy) is 2. The summed E-state index contributed by atoms with van der Waals surface area (Å²) >= 11 is 0. The molecule has 0 heterocycles. The first-order chi connectivity index (χ1) is 19.3. The Hall–Kier alpha value is -1.84. The van der Waals surface area contributed by atoms with Crippen molar-refractivity contribution in [1.29, 1.82) is 0 Å². The minimum absolute atomic E-state index is 0.0351. The minimum atomic E-state index is -0.527. The molecular weight excluding hydrogens is 496 g/mol. The zero-order valence-corrected chi connectivity index (χ0v) is 25.7. The fraction of sp³-hybridized carbons (Fsp3) is 0.778. The molecule has 0 spiro atoms. The van der Waals surface area contributed by atoms with E-state index in [4.69, 9.17) is 9.47 Å². The van der Waals surface area contributed by atoms with Gasteiger partial charge in [0, 0.05) is 18.3 Å². The maximum atomic E-state index is 14.1. The first-order valence-electron chi connectivity index (χ1n) is 16.8. The van der Waals surface area contributed by atoms with Gasteiger partial charge in [-0.25, -0.2) is 0 Å². The maximum Gasteiger partial charge on any atom is 0.313 e. The van der Waals surface area contributed by atoms with Gasteiger partial charge in [-0.15, -0.1) is 0 Å². The van der Waals surface area contributed by atoms with Crippen molar-refractivity contribution in [1.82, 2.24) is 0 Å². The first-order valence-corrected chi connectivity index (χ1v) is 16.8. The normalized spacial score (nSPS) is 33.5. The summed E-state index contributed by atoms with van der Waals surface area (Å²) in [6, 6.07) is 8.67. The smallest absolute Gasteiger partial charge is 0.313 e. The number of hydrogen-bond acceptors (Lipinski definition) is 4. The maximum absolute atomic E-state index is 14.1. The Kier molecular flexibility index (Phi) is 9.32. The van der Waals surface area contributed by atoms with E-state index in [2.05, 4.69) is 52.0 Å². The third kappa shape index (κ3) is 5.62. The molecule has 4 saturated carbocycles. The molecule has 1 aromatic rings. The largest absolute Gasteiger partial charge is 0.494 e. The number of esters is 1. The predicted molar refractivity (Wildman–Crippen MR) is 160 cm³/mol. The zero-order valence-electron chi connectivity index (χ0n) is 25.7. The molecule has 40 heavy (non-hydrogen) atoms. The van der Waals surface area contributed by atoms with Gasteiger partial charge in [-0.05, 0) is 85.8 Å². The number of benzene rings is 1. The highest BCUT2D eigenvalue weighted by molar-refractivity contribution is 5.93. The molecule has 0 unspecified atom stereocenters. The molecule has 222 valence electrons. The third-order valence-corrected chi connectivity index (χ3v) is 11.6. The molecule has 0 bridgehead atoms. The van der Waals surface area contributed by atoms with Gasteiger partial charge in [-0.2, -0.15) is 0 Å². The second kappa shape index (κ2) is 12.6. The summed E-state index contributed by atoms with van der Waals surface area (Å²) in [6.07, 6.45) is 16.4. The lowest BCUT2D eigenvalue weighted by Crippen LogP contribution is -2.64. The summed E-state index contributed by atoms with van der Waals surface area (Å²) in [6.45, 7) is 9.97. The molecule has 0 N–H and O–H groups in total. The quantitative estimate of drug-likeness (QED) is 0.193. The number of Topliss-reactive ketones (excluding diaryl/α,β-unsaturated/α-hetero) is 1. The molecule has 0 saturated heterocycles. The summed E-state index contributed by atoms with van der Waals surface area (Å²) in [5.41, 5.74) is 0.627. The number of carbonyl (C=O) groups excluding carboxylic acids is 2. The summed E-state index contributed by atoms with van der Waals surface area (Å²) in [4.78, 5) is 27.1. The van der Waals surface area contributed by atoms with Gasteiger partial charge in [0.15, 0.2) is 0 Å². The van der Waals surface area contributed by atoms with Crippen LogP contribution < -0.4 is 4.74 Å². The van der Waals surface area contributed by atoms with Crippen molar-refractivity contribution < 1.29 is 19.1 Å². The summed E-state index contributed by atoms with van der Waals surface area (Å²) in [5.74, 6) is 2.77. The Morgan fingerprint density at radius 1 is 0.975 bits per heavy atom. The minimum Gasteiger partial charge on any atom is -0.494 e. The second-order valence-electron chi connectivity index (χ2n) is 14.4. The Balaban J connectivity index is 1.24. The number of rotatable bonds is 12. The van der Waals surface area contributed by atoms with E-state index in [0.29, 0.717) is 30.0 Å². The molecule has 4 aliphatic rings. The third-order valence-electron chi connectivity index (χ3n) is 11.6. The van der Waals surface area contributed by atoms with Crippen LogP contribution in [0.25, 0.3) is 0 Å². The van der Waals surface area contributed by atoms with Crippen LogP contribution in [-0.4, -0.2) is 24.5 Å². The van der Waals surface area contributed by atoms with Crippen LogP contribution in [0.1, 0.15) is 130 Å². The molecule has 4 aliphatic carbocycles. The molecule has 4 fully saturated rings. The molecule has 0 amide bonds. The molecule has 5 rings (SSSR count). The summed E-state index contributed by atoms with van der Waals surface area (Å²) < 4.78 is 12.7. The van der Waals surface area contributed by atoms with E-state index in [9.17, 15) is 9.59 Å². The average molecular weight is 551 g/mol. The van der Waals surface area contributed by atoms with E-state index in [-0.39, 0.29) is 29.3 Å². The molecular formula is C36H54O4. The average Bonchev–Trinajstić information content (AvgIpc) is 3.35. The van der Waals surface area contributed by atoms with E-state index in [1.807, 2.05) is 0 Å². The van der Waals surface area contributed by atoms with E-state index in [0.717, 1.165) is 63.7 Å². The van der Waals surface area contributed by atoms with Crippen LogP contribution in [0.5, 0.6) is 5.75 Å². The number of ketones is 1. The number of unbranched alkanes of at least 4 members (excludes halogenated alkanes) is 5. The van der Waals surface area contributed by atoms with E-state index < -0.39 is 5.41 Å². The van der Waals surface area contributed by atoms with Gasteiger partial charge in [0.1, 0.15) is 17.6 Å². The van der Waals surface area contributed by atoms with Crippen molar-refractivity contribution in [2.75, 3.05) is 6.61 Å². The molecule has 0 aliphatic heterocycles. The summed E-state index contributed by atoms with van der Waals surface area (Å²) in [7, 11) is 0. The number of carbonyl (C=O) groups is 2. The van der Waals surface area contributed by atoms with Crippen LogP contribution >= 0.6 is 0 Å². The van der Waals surface area contributed by atoms with Gasteiger partial charge in [0.2, 0.25) is 0 Å². The fourth-order valence-electron chi connectivity index (χ4n) is 9.28. The van der Waals surface area contributed by atoms with Crippen LogP contribution in [0, 0.1) is 35.0 Å². The highest BCUT2D eigenvalue weighted by atomic mass is 16.5. The van der Waals surface area contributed by atoms with Crippen molar-refractivity contribution in [3.05, 3.63) is 29.8 Å². The van der Waals surface area contributed by atoms with Crippen molar-refractivity contribution in [2.24, 2.45) is 35.0 Å². The van der Waals surface area contributed by atoms with Crippen molar-refractivity contribution in [3.8, 4) is 5.75 Å². The molecule has 4 heteroatoms. The molecule has 0 radical (unpaired) electrons. The van der Waals surface area contributed by atoms with Crippen LogP contribution in [0.2, 0.25) is 0 Å². The molecule has 1 aromatic carbocycles. The Labute approximate surface area is 243 Å². The van der Waals surface area contributed by atoms with Gasteiger partial charge in [-0.1, -0.05) is 84.8 Å². The zero-order chi connectivity index (χ0) is 28.3. The lowest BCUT2D eigenvalue weighted by molar-refractivity contribution is -0.207. The topological polar surface area (TPSA) is 52.6 Å². The van der Waals surface area contributed by atoms with E-state index in [1.54, 1.807) is 0 Å². The van der Waals surface area contributed by atoms with Crippen molar-refractivity contribution >= 4 is 11.8 Å². The summed E-state index contributed by atoms with van der Waals surface area (Å²) in [5, 5.41) is 0. The number of hydrogen-bond donors (Lipinski definition) is 0. The van der Waals surface area contributed by atoms with Crippen molar-refractivity contribution in [2.45, 2.75) is 136 Å². The lowest BCUT2D eigenvalue weighted by atomic mass is 9.43. The van der Waals surface area contributed by atoms with Crippen LogP contribution in [0.15, 0.2) is 24.3 Å². The number of fused-ring (bicyclic) bond motifs is 4. The van der Waals surface area contributed by atoms with Crippen LogP contribution in [-0.2, 0) is 19.7 Å². The molecule has 7 atom stereocenters. The molecule has 4 nitrogen and oxygen atoms in total. The Morgan fingerprint density at radius 2 is 1.73 bits per heavy atom. The van der Waals surface area contributed by atoms with E-state index in [1.165, 1.54) is 44.1 Å². The Morgan fingerprint density at radius 3 is 2.50 bits per heavy atom. The Bertz CT molecular complexity index is 1010. The van der Waals surface area contributed by atoms with Gasteiger partial charge >= 0.3 is 5.97 Å². The highest BCUT2D eigenvalue weighted by Gasteiger charge is 2.70. The van der Waals surface area contributed by atoms with Gasteiger partial charge < -0.3 is 9.47 Å². The fourth-order valence-corrected chi connectivity index (χ4v) is 9.28. The van der Waals surface area contributed by atoms with E-state index >= 15 is 0 Å². The van der Waals surface area contributed by atoms with Gasteiger partial charge in [-0.3, -0.25) is 9.59 Å². The highest BCUT2D eigenvalue weighted by Crippen LogP contribution is 2.68.